The number of hydrogen-bond donors (Lipinski definition) is 2. The van der Waals surface area contributed by atoms with Crippen LogP contribution in [0.25, 0.3) is 0 Å². The molecular formula is C16H24N2O4S. The highest BCUT2D eigenvalue weighted by Crippen LogP contribution is 2.23. The fourth-order valence-electron chi connectivity index (χ4n) is 2.90. The fraction of sp³-hybridized carbons (Fsp3) is 0.562. The second-order valence-electron chi connectivity index (χ2n) is 5.92. The lowest BCUT2D eigenvalue weighted by molar-refractivity contribution is -0.134. The molecule has 1 saturated heterocycles. The Kier molecular flexibility index (Phi) is 5.78. The van der Waals surface area contributed by atoms with Gasteiger partial charge >= 0.3 is 0 Å². The van der Waals surface area contributed by atoms with Crippen molar-refractivity contribution in [2.45, 2.75) is 50.7 Å². The van der Waals surface area contributed by atoms with Crippen molar-refractivity contribution >= 4 is 15.9 Å². The molecule has 2 rings (SSSR count). The van der Waals surface area contributed by atoms with Crippen LogP contribution in [-0.2, 0) is 26.1 Å². The van der Waals surface area contributed by atoms with Crippen LogP contribution in [0.4, 0.5) is 0 Å². The lowest BCUT2D eigenvalue weighted by atomic mass is 9.91. The fourth-order valence-corrected chi connectivity index (χ4v) is 3.50. The Bertz CT molecular complexity index is 673. The van der Waals surface area contributed by atoms with Crippen molar-refractivity contribution in [3.8, 4) is 0 Å². The SMILES string of the molecule is CC[C@H]1OCCC[C@H]1C(=O)NCc1ccc(S(N)(=O)=O)cc1C. The average molecular weight is 340 g/mol. The maximum absolute atomic E-state index is 12.4. The van der Waals surface area contributed by atoms with E-state index in [4.69, 9.17) is 9.88 Å². The maximum atomic E-state index is 12.4. The molecule has 1 amide bonds. The van der Waals surface area contributed by atoms with Gasteiger partial charge in [0.05, 0.1) is 16.9 Å². The zero-order valence-electron chi connectivity index (χ0n) is 13.5. The summed E-state index contributed by atoms with van der Waals surface area (Å²) in [5, 5.41) is 8.05. The lowest BCUT2D eigenvalue weighted by Crippen LogP contribution is -2.41. The normalized spacial score (nSPS) is 21.9. The van der Waals surface area contributed by atoms with Gasteiger partial charge in [-0.2, -0.15) is 0 Å². The van der Waals surface area contributed by atoms with E-state index in [0.29, 0.717) is 6.54 Å². The number of carbonyl (C=O) groups is 1. The van der Waals surface area contributed by atoms with E-state index in [1.165, 1.54) is 12.1 Å². The number of ether oxygens (including phenoxy) is 1. The number of nitrogens with two attached hydrogens (primary N) is 1. The second kappa shape index (κ2) is 7.42. The monoisotopic (exact) mass is 340 g/mol. The molecule has 6 nitrogen and oxygen atoms in total. The van der Waals surface area contributed by atoms with Crippen molar-refractivity contribution in [2.75, 3.05) is 6.61 Å². The molecule has 2 atom stereocenters. The Hall–Kier alpha value is -1.44. The first-order valence-corrected chi connectivity index (χ1v) is 9.39. The van der Waals surface area contributed by atoms with E-state index in [-0.39, 0.29) is 22.8 Å². The van der Waals surface area contributed by atoms with Crippen LogP contribution in [0, 0.1) is 12.8 Å². The minimum absolute atomic E-state index is 0.00790. The van der Waals surface area contributed by atoms with Crippen molar-refractivity contribution in [2.24, 2.45) is 11.1 Å². The summed E-state index contributed by atoms with van der Waals surface area (Å²) >= 11 is 0. The first kappa shape index (κ1) is 17.9. The number of rotatable bonds is 5. The summed E-state index contributed by atoms with van der Waals surface area (Å²) in [5.74, 6) is -0.121. The smallest absolute Gasteiger partial charge is 0.238 e. The molecule has 1 heterocycles. The molecular weight excluding hydrogens is 316 g/mol. The summed E-state index contributed by atoms with van der Waals surface area (Å²) in [5.41, 5.74) is 1.65. The third kappa shape index (κ3) is 4.53. The molecule has 23 heavy (non-hydrogen) atoms. The molecule has 1 aromatic carbocycles. The van der Waals surface area contributed by atoms with E-state index in [1.807, 2.05) is 6.92 Å². The molecule has 1 aliphatic heterocycles. The van der Waals surface area contributed by atoms with Crippen molar-refractivity contribution in [1.29, 1.82) is 0 Å². The largest absolute Gasteiger partial charge is 0.377 e. The van der Waals surface area contributed by atoms with Gasteiger partial charge in [0.15, 0.2) is 0 Å². The predicted molar refractivity (Wildman–Crippen MR) is 87.2 cm³/mol. The van der Waals surface area contributed by atoms with Crippen LogP contribution in [0.15, 0.2) is 23.1 Å². The second-order valence-corrected chi connectivity index (χ2v) is 7.48. The molecule has 128 valence electrons. The van der Waals surface area contributed by atoms with Gasteiger partial charge in [0.1, 0.15) is 0 Å². The summed E-state index contributed by atoms with van der Waals surface area (Å²) in [6.45, 7) is 4.90. The van der Waals surface area contributed by atoms with Gasteiger partial charge in [-0.15, -0.1) is 0 Å². The minimum atomic E-state index is -3.71. The van der Waals surface area contributed by atoms with Crippen LogP contribution < -0.4 is 10.5 Å². The third-order valence-electron chi connectivity index (χ3n) is 4.27. The Balaban J connectivity index is 2.01. The molecule has 0 unspecified atom stereocenters. The Morgan fingerprint density at radius 3 is 2.78 bits per heavy atom. The highest BCUT2D eigenvalue weighted by Gasteiger charge is 2.30. The molecule has 1 fully saturated rings. The minimum Gasteiger partial charge on any atom is -0.377 e. The molecule has 0 bridgehead atoms. The Labute approximate surface area is 137 Å². The van der Waals surface area contributed by atoms with Crippen molar-refractivity contribution in [3.05, 3.63) is 29.3 Å². The quantitative estimate of drug-likeness (QED) is 0.848. The van der Waals surface area contributed by atoms with Crippen molar-refractivity contribution in [1.82, 2.24) is 5.32 Å². The number of aryl methyl sites for hydroxylation is 1. The van der Waals surface area contributed by atoms with Gasteiger partial charge in [-0.25, -0.2) is 13.6 Å². The number of benzene rings is 1. The van der Waals surface area contributed by atoms with Crippen molar-refractivity contribution in [3.63, 3.8) is 0 Å². The molecule has 7 heteroatoms. The molecule has 0 spiro atoms. The number of amides is 1. The Morgan fingerprint density at radius 1 is 1.43 bits per heavy atom. The summed E-state index contributed by atoms with van der Waals surface area (Å²) < 4.78 is 28.3. The van der Waals surface area contributed by atoms with Crippen LogP contribution in [-0.4, -0.2) is 27.0 Å². The van der Waals surface area contributed by atoms with Crippen molar-refractivity contribution < 1.29 is 17.9 Å². The van der Waals surface area contributed by atoms with Gasteiger partial charge in [0, 0.05) is 13.2 Å². The lowest BCUT2D eigenvalue weighted by Gasteiger charge is -2.30. The number of primary sulfonamides is 1. The summed E-state index contributed by atoms with van der Waals surface area (Å²) in [7, 11) is -3.71. The zero-order chi connectivity index (χ0) is 17.0. The molecule has 0 aromatic heterocycles. The van der Waals surface area contributed by atoms with E-state index in [2.05, 4.69) is 5.32 Å². The molecule has 3 N–H and O–H groups in total. The van der Waals surface area contributed by atoms with Crippen LogP contribution in [0.5, 0.6) is 0 Å². The van der Waals surface area contributed by atoms with Gasteiger partial charge in [-0.05, 0) is 49.4 Å². The standard InChI is InChI=1S/C16H24N2O4S/c1-3-15-14(5-4-8-22-15)16(19)18-10-12-6-7-13(9-11(12)2)23(17,20)21/h6-7,9,14-15H,3-5,8,10H2,1-2H3,(H,18,19)(H2,17,20,21)/t14-,15-/m1/s1. The van der Waals surface area contributed by atoms with Gasteiger partial charge in [-0.3, -0.25) is 4.79 Å². The van der Waals surface area contributed by atoms with Gasteiger partial charge in [0.2, 0.25) is 15.9 Å². The number of carbonyl (C=O) groups excluding carboxylic acids is 1. The average Bonchev–Trinajstić information content (AvgIpc) is 2.52. The van der Waals surface area contributed by atoms with Crippen LogP contribution in [0.2, 0.25) is 0 Å². The maximum Gasteiger partial charge on any atom is 0.238 e. The molecule has 1 aliphatic rings. The van der Waals surface area contributed by atoms with Gasteiger partial charge in [0.25, 0.3) is 0 Å². The van der Waals surface area contributed by atoms with Crippen LogP contribution >= 0.6 is 0 Å². The van der Waals surface area contributed by atoms with E-state index in [0.717, 1.165) is 37.0 Å². The third-order valence-corrected chi connectivity index (χ3v) is 5.19. The molecule has 1 aromatic rings. The molecule has 0 aliphatic carbocycles. The van der Waals surface area contributed by atoms with Gasteiger partial charge in [-0.1, -0.05) is 13.0 Å². The highest BCUT2D eigenvalue weighted by atomic mass is 32.2. The van der Waals surface area contributed by atoms with Crippen LogP contribution in [0.3, 0.4) is 0 Å². The summed E-state index contributed by atoms with van der Waals surface area (Å²) in [6.07, 6.45) is 2.54. The first-order chi connectivity index (χ1) is 10.8. The van der Waals surface area contributed by atoms with Crippen LogP contribution in [0.1, 0.15) is 37.3 Å². The van der Waals surface area contributed by atoms with E-state index < -0.39 is 10.0 Å². The summed E-state index contributed by atoms with van der Waals surface area (Å²) in [4.78, 5) is 12.5. The predicted octanol–water partition coefficient (Wildman–Crippen LogP) is 1.46. The van der Waals surface area contributed by atoms with E-state index in [1.54, 1.807) is 13.0 Å². The number of sulfonamides is 1. The first-order valence-electron chi connectivity index (χ1n) is 7.84. The van der Waals surface area contributed by atoms with Gasteiger partial charge < -0.3 is 10.1 Å². The molecule has 0 radical (unpaired) electrons. The Morgan fingerprint density at radius 2 is 2.17 bits per heavy atom. The molecule has 0 saturated carbocycles. The zero-order valence-corrected chi connectivity index (χ0v) is 14.4. The number of nitrogens with one attached hydrogen (secondary N) is 1. The number of hydrogen-bond acceptors (Lipinski definition) is 4. The van der Waals surface area contributed by atoms with E-state index >= 15 is 0 Å². The topological polar surface area (TPSA) is 98.5 Å². The van der Waals surface area contributed by atoms with E-state index in [9.17, 15) is 13.2 Å². The highest BCUT2D eigenvalue weighted by molar-refractivity contribution is 7.89. The summed E-state index contributed by atoms with van der Waals surface area (Å²) in [6, 6.07) is 4.67.